The van der Waals surface area contributed by atoms with Crippen LogP contribution in [0, 0.1) is 0 Å². The molecule has 0 aliphatic rings. The van der Waals surface area contributed by atoms with E-state index in [0.717, 1.165) is 22.8 Å². The number of para-hydroxylation sites is 1. The van der Waals surface area contributed by atoms with Gasteiger partial charge >= 0.3 is 0 Å². The van der Waals surface area contributed by atoms with E-state index in [4.69, 9.17) is 10.8 Å². The van der Waals surface area contributed by atoms with Crippen LogP contribution in [-0.4, -0.2) is 19.3 Å². The first-order valence-corrected chi connectivity index (χ1v) is 7.01. The van der Waals surface area contributed by atoms with Gasteiger partial charge in [-0.3, -0.25) is 0 Å². The molecule has 3 rings (SSSR count). The lowest BCUT2D eigenvalue weighted by atomic mass is 10.0. The molecular weight excluding hydrogens is 262 g/mol. The summed E-state index contributed by atoms with van der Waals surface area (Å²) in [4.78, 5) is 4.41. The molecule has 3 aromatic rings. The van der Waals surface area contributed by atoms with Crippen molar-refractivity contribution in [1.29, 1.82) is 0 Å². The van der Waals surface area contributed by atoms with Crippen molar-refractivity contribution in [3.63, 3.8) is 0 Å². The molecule has 0 aliphatic heterocycles. The van der Waals surface area contributed by atoms with Crippen LogP contribution in [0.3, 0.4) is 0 Å². The molecule has 0 atom stereocenters. The number of hydrogen-bond donors (Lipinski definition) is 1. The fourth-order valence-electron chi connectivity index (χ4n) is 2.54. The highest BCUT2D eigenvalue weighted by Gasteiger charge is 2.22. The third-order valence-electron chi connectivity index (χ3n) is 3.57. The summed E-state index contributed by atoms with van der Waals surface area (Å²) in [7, 11) is 1.96. The molecule has 2 aromatic heterocycles. The van der Waals surface area contributed by atoms with Crippen molar-refractivity contribution in [2.24, 2.45) is 7.05 Å². The predicted octanol–water partition coefficient (Wildman–Crippen LogP) is 2.98. The molecule has 1 aromatic carbocycles. The van der Waals surface area contributed by atoms with Crippen LogP contribution in [0.4, 0.5) is 5.82 Å². The summed E-state index contributed by atoms with van der Waals surface area (Å²) in [6, 6.07) is 9.93. The Morgan fingerprint density at radius 1 is 1.14 bits per heavy atom. The monoisotopic (exact) mass is 281 g/mol. The van der Waals surface area contributed by atoms with Crippen molar-refractivity contribution in [2.75, 3.05) is 5.73 Å². The maximum atomic E-state index is 6.36. The standard InChI is InChI=1S/C16H19N5/c1-11(2)13-14(16-18-9-10-20(16)3)19-21(15(13)17)12-7-5-4-6-8-12/h4-11H,17H2,1-3H3. The minimum absolute atomic E-state index is 0.272. The van der Waals surface area contributed by atoms with E-state index >= 15 is 0 Å². The molecule has 0 saturated heterocycles. The molecular formula is C16H19N5. The largest absolute Gasteiger partial charge is 0.383 e. The molecule has 0 radical (unpaired) electrons. The zero-order valence-electron chi connectivity index (χ0n) is 12.5. The van der Waals surface area contributed by atoms with Gasteiger partial charge in [0.05, 0.1) is 5.69 Å². The Hall–Kier alpha value is -2.56. The van der Waals surface area contributed by atoms with Crippen LogP contribution in [0.2, 0.25) is 0 Å². The van der Waals surface area contributed by atoms with Gasteiger partial charge in [-0.2, -0.15) is 5.10 Å². The second-order valence-electron chi connectivity index (χ2n) is 5.41. The second kappa shape index (κ2) is 5.09. The Labute approximate surface area is 124 Å². The van der Waals surface area contributed by atoms with Gasteiger partial charge in [-0.05, 0) is 18.1 Å². The highest BCUT2D eigenvalue weighted by Crippen LogP contribution is 2.33. The first-order valence-electron chi connectivity index (χ1n) is 7.01. The number of rotatable bonds is 3. The molecule has 108 valence electrons. The SMILES string of the molecule is CC(C)c1c(-c2nccn2C)nn(-c2ccccc2)c1N. The van der Waals surface area contributed by atoms with Gasteiger partial charge in [-0.25, -0.2) is 9.67 Å². The molecule has 0 bridgehead atoms. The molecule has 0 spiro atoms. The van der Waals surface area contributed by atoms with Gasteiger partial charge in [0.1, 0.15) is 11.5 Å². The normalized spacial score (nSPS) is 11.2. The van der Waals surface area contributed by atoms with E-state index in [9.17, 15) is 0 Å². The molecule has 5 heteroatoms. The fourth-order valence-corrected chi connectivity index (χ4v) is 2.54. The Balaban J connectivity index is 2.24. The Kier molecular flexibility index (Phi) is 3.25. The number of aromatic nitrogens is 4. The lowest BCUT2D eigenvalue weighted by Crippen LogP contribution is -2.03. The van der Waals surface area contributed by atoms with Gasteiger partial charge in [-0.15, -0.1) is 0 Å². The van der Waals surface area contributed by atoms with E-state index in [1.807, 2.05) is 48.1 Å². The van der Waals surface area contributed by atoms with Gasteiger partial charge in [-0.1, -0.05) is 32.0 Å². The Morgan fingerprint density at radius 3 is 2.43 bits per heavy atom. The summed E-state index contributed by atoms with van der Waals surface area (Å²) in [5.41, 5.74) is 9.19. The van der Waals surface area contributed by atoms with Gasteiger partial charge in [0.15, 0.2) is 5.82 Å². The number of anilines is 1. The summed E-state index contributed by atoms with van der Waals surface area (Å²) < 4.78 is 3.75. The van der Waals surface area contributed by atoms with Crippen molar-refractivity contribution in [1.82, 2.24) is 19.3 Å². The maximum absolute atomic E-state index is 6.36. The predicted molar refractivity (Wildman–Crippen MR) is 84.3 cm³/mol. The summed E-state index contributed by atoms with van der Waals surface area (Å²) in [5.74, 6) is 1.78. The number of hydrogen-bond acceptors (Lipinski definition) is 3. The van der Waals surface area contributed by atoms with Gasteiger partial charge in [0, 0.05) is 25.0 Å². The topological polar surface area (TPSA) is 61.7 Å². The lowest BCUT2D eigenvalue weighted by molar-refractivity contribution is 0.859. The smallest absolute Gasteiger partial charge is 0.160 e. The van der Waals surface area contributed by atoms with Crippen LogP contribution in [-0.2, 0) is 7.05 Å². The molecule has 0 amide bonds. The van der Waals surface area contributed by atoms with E-state index in [2.05, 4.69) is 18.8 Å². The summed E-state index contributed by atoms with van der Waals surface area (Å²) in [5, 5.41) is 4.71. The highest BCUT2D eigenvalue weighted by molar-refractivity contribution is 5.66. The Bertz CT molecular complexity index is 752. The number of nitrogen functional groups attached to an aromatic ring is 1. The van der Waals surface area contributed by atoms with Crippen molar-refractivity contribution < 1.29 is 0 Å². The summed E-state index contributed by atoms with van der Waals surface area (Å²) >= 11 is 0. The number of imidazole rings is 1. The second-order valence-corrected chi connectivity index (χ2v) is 5.41. The molecule has 0 unspecified atom stereocenters. The Morgan fingerprint density at radius 2 is 1.86 bits per heavy atom. The van der Waals surface area contributed by atoms with Gasteiger partial charge in [0.25, 0.3) is 0 Å². The van der Waals surface area contributed by atoms with Crippen molar-refractivity contribution >= 4 is 5.82 Å². The van der Waals surface area contributed by atoms with Crippen LogP contribution >= 0.6 is 0 Å². The van der Waals surface area contributed by atoms with E-state index in [1.165, 1.54) is 0 Å². The van der Waals surface area contributed by atoms with Crippen molar-refractivity contribution in [3.8, 4) is 17.2 Å². The average Bonchev–Trinajstić information content (AvgIpc) is 3.03. The molecule has 2 N–H and O–H groups in total. The molecule has 0 aliphatic carbocycles. The molecule has 21 heavy (non-hydrogen) atoms. The highest BCUT2D eigenvalue weighted by atomic mass is 15.3. The molecule has 2 heterocycles. The molecule has 0 fully saturated rings. The third kappa shape index (κ3) is 2.20. The maximum Gasteiger partial charge on any atom is 0.160 e. The number of nitrogens with two attached hydrogens (primary N) is 1. The minimum Gasteiger partial charge on any atom is -0.383 e. The third-order valence-corrected chi connectivity index (χ3v) is 3.57. The average molecular weight is 281 g/mol. The summed E-state index contributed by atoms with van der Waals surface area (Å²) in [6.07, 6.45) is 3.69. The van der Waals surface area contributed by atoms with Gasteiger partial charge in [0.2, 0.25) is 0 Å². The quantitative estimate of drug-likeness (QED) is 0.802. The first-order chi connectivity index (χ1) is 10.1. The van der Waals surface area contributed by atoms with E-state index < -0.39 is 0 Å². The number of nitrogens with zero attached hydrogens (tertiary/aromatic N) is 4. The van der Waals surface area contributed by atoms with Crippen molar-refractivity contribution in [3.05, 3.63) is 48.3 Å². The van der Waals surface area contributed by atoms with Crippen LogP contribution in [0.25, 0.3) is 17.2 Å². The lowest BCUT2D eigenvalue weighted by Gasteiger charge is -2.07. The molecule has 0 saturated carbocycles. The summed E-state index contributed by atoms with van der Waals surface area (Å²) in [6.45, 7) is 4.24. The van der Waals surface area contributed by atoms with Crippen molar-refractivity contribution in [2.45, 2.75) is 19.8 Å². The van der Waals surface area contributed by atoms with Crippen LogP contribution in [0.15, 0.2) is 42.7 Å². The van der Waals surface area contributed by atoms with E-state index in [-0.39, 0.29) is 5.92 Å². The molecule has 5 nitrogen and oxygen atoms in total. The van der Waals surface area contributed by atoms with E-state index in [1.54, 1.807) is 10.9 Å². The van der Waals surface area contributed by atoms with Crippen LogP contribution in [0.1, 0.15) is 25.3 Å². The fraction of sp³-hybridized carbons (Fsp3) is 0.250. The van der Waals surface area contributed by atoms with E-state index in [0.29, 0.717) is 5.82 Å². The zero-order valence-corrected chi connectivity index (χ0v) is 12.5. The number of benzene rings is 1. The van der Waals surface area contributed by atoms with Crippen LogP contribution in [0.5, 0.6) is 0 Å². The van der Waals surface area contributed by atoms with Gasteiger partial charge < -0.3 is 10.3 Å². The zero-order chi connectivity index (χ0) is 15.0. The minimum atomic E-state index is 0.272. The number of aryl methyl sites for hydroxylation is 1. The first kappa shape index (κ1) is 13.4. The van der Waals surface area contributed by atoms with Crippen LogP contribution < -0.4 is 5.73 Å².